The summed E-state index contributed by atoms with van der Waals surface area (Å²) in [5, 5.41) is 12.4. The maximum absolute atomic E-state index is 10.8. The number of hydrogen-bond acceptors (Lipinski definition) is 3. The number of ether oxygens (including phenoxy) is 1. The normalized spacial score (nSPS) is 11.4. The van der Waals surface area contributed by atoms with Gasteiger partial charge in [0.25, 0.3) is 0 Å². The number of benzene rings is 1. The lowest BCUT2D eigenvalue weighted by molar-refractivity contribution is -0.137. The fourth-order valence-electron chi connectivity index (χ4n) is 1.66. The van der Waals surface area contributed by atoms with E-state index in [1.54, 1.807) is 12.1 Å². The average molecular weight is 249 g/mol. The highest BCUT2D eigenvalue weighted by Crippen LogP contribution is 2.31. The van der Waals surface area contributed by atoms with Gasteiger partial charge in [-0.3, -0.25) is 4.79 Å². The number of hydrogen-bond donors (Lipinski definition) is 1. The van der Waals surface area contributed by atoms with Crippen molar-refractivity contribution < 1.29 is 14.6 Å². The predicted octanol–water partition coefficient (Wildman–Crippen LogP) is 3.22. The molecule has 0 heterocycles. The van der Waals surface area contributed by atoms with Crippen LogP contribution in [0.3, 0.4) is 0 Å². The number of aliphatic carboxylic acids is 1. The van der Waals surface area contributed by atoms with E-state index in [1.807, 2.05) is 19.9 Å². The molecule has 96 valence electrons. The molecule has 0 spiro atoms. The second-order valence-electron chi connectivity index (χ2n) is 3.79. The predicted molar refractivity (Wildman–Crippen MR) is 66.5 cm³/mol. The van der Waals surface area contributed by atoms with Crippen LogP contribution in [-0.4, -0.2) is 17.7 Å². The van der Waals surface area contributed by atoms with Gasteiger partial charge in [-0.05, 0) is 25.4 Å². The minimum Gasteiger partial charge on any atom is -0.494 e. The number of rotatable bonds is 6. The van der Waals surface area contributed by atoms with Gasteiger partial charge in [-0.25, -0.2) is 0 Å². The molecule has 0 aliphatic carbocycles. The summed E-state index contributed by atoms with van der Waals surface area (Å²) in [5.41, 5.74) is 10.1. The third-order valence-electron chi connectivity index (χ3n) is 2.38. The zero-order valence-electron chi connectivity index (χ0n) is 10.3. The van der Waals surface area contributed by atoms with Crippen LogP contribution in [0.15, 0.2) is 23.3 Å². The fraction of sp³-hybridized carbons (Fsp3) is 0.417. The molecule has 0 bridgehead atoms. The van der Waals surface area contributed by atoms with Gasteiger partial charge in [-0.1, -0.05) is 22.8 Å². The zero-order valence-corrected chi connectivity index (χ0v) is 10.3. The molecular weight excluding hydrogens is 234 g/mol. The Labute approximate surface area is 105 Å². The Hall–Kier alpha value is -2.20. The Kier molecular flexibility index (Phi) is 5.02. The molecule has 0 radical (unpaired) electrons. The van der Waals surface area contributed by atoms with E-state index in [1.165, 1.54) is 0 Å². The summed E-state index contributed by atoms with van der Waals surface area (Å²) in [7, 11) is 0. The van der Waals surface area contributed by atoms with Crippen molar-refractivity contribution in [2.75, 3.05) is 6.61 Å². The fourth-order valence-corrected chi connectivity index (χ4v) is 1.66. The molecule has 0 aromatic heterocycles. The Morgan fingerprint density at radius 1 is 1.61 bits per heavy atom. The SMILES string of the molecule is CCOc1ccc(C)cc1C(CC(=O)O)N=[N+]=[N-]. The quantitative estimate of drug-likeness (QED) is 0.476. The highest BCUT2D eigenvalue weighted by atomic mass is 16.5. The third-order valence-corrected chi connectivity index (χ3v) is 2.38. The molecule has 6 heteroatoms. The van der Waals surface area contributed by atoms with Crippen molar-refractivity contribution in [3.05, 3.63) is 39.8 Å². The van der Waals surface area contributed by atoms with Crippen LogP contribution in [0.1, 0.15) is 30.5 Å². The van der Waals surface area contributed by atoms with Gasteiger partial charge in [0.1, 0.15) is 5.75 Å². The van der Waals surface area contributed by atoms with Gasteiger partial charge in [0.2, 0.25) is 0 Å². The van der Waals surface area contributed by atoms with E-state index in [-0.39, 0.29) is 6.42 Å². The highest BCUT2D eigenvalue weighted by molar-refractivity contribution is 5.68. The topological polar surface area (TPSA) is 95.3 Å². The maximum Gasteiger partial charge on any atom is 0.304 e. The summed E-state index contributed by atoms with van der Waals surface area (Å²) in [4.78, 5) is 13.5. The second kappa shape index (κ2) is 6.51. The van der Waals surface area contributed by atoms with Crippen LogP contribution >= 0.6 is 0 Å². The molecule has 6 nitrogen and oxygen atoms in total. The van der Waals surface area contributed by atoms with E-state index in [9.17, 15) is 4.79 Å². The van der Waals surface area contributed by atoms with Crippen LogP contribution in [0, 0.1) is 6.92 Å². The van der Waals surface area contributed by atoms with Crippen LogP contribution in [0.4, 0.5) is 0 Å². The Morgan fingerprint density at radius 3 is 2.89 bits per heavy atom. The van der Waals surface area contributed by atoms with Crippen LogP contribution in [-0.2, 0) is 4.79 Å². The summed E-state index contributed by atoms with van der Waals surface area (Å²) in [5.74, 6) is -0.460. The highest BCUT2D eigenvalue weighted by Gasteiger charge is 2.18. The Balaban J connectivity index is 3.19. The molecule has 0 aliphatic heterocycles. The standard InChI is InChI=1S/C12H15N3O3/c1-3-18-11-5-4-8(2)6-9(11)10(14-15-13)7-12(16)17/h4-6,10H,3,7H2,1-2H3,(H,16,17). The van der Waals surface area contributed by atoms with Crippen molar-refractivity contribution in [3.63, 3.8) is 0 Å². The van der Waals surface area contributed by atoms with Crippen LogP contribution in [0.5, 0.6) is 5.75 Å². The molecule has 0 aliphatic rings. The van der Waals surface area contributed by atoms with Crippen molar-refractivity contribution in [2.45, 2.75) is 26.3 Å². The average Bonchev–Trinajstić information content (AvgIpc) is 2.30. The van der Waals surface area contributed by atoms with E-state index in [0.29, 0.717) is 17.9 Å². The first-order valence-corrected chi connectivity index (χ1v) is 5.57. The van der Waals surface area contributed by atoms with E-state index < -0.39 is 12.0 Å². The molecule has 1 N–H and O–H groups in total. The van der Waals surface area contributed by atoms with Gasteiger partial charge in [0.15, 0.2) is 0 Å². The lowest BCUT2D eigenvalue weighted by atomic mass is 10.0. The number of nitrogens with zero attached hydrogens (tertiary/aromatic N) is 3. The summed E-state index contributed by atoms with van der Waals surface area (Å²) < 4.78 is 5.42. The smallest absolute Gasteiger partial charge is 0.304 e. The number of carboxylic acids is 1. The van der Waals surface area contributed by atoms with Gasteiger partial charge in [0, 0.05) is 10.5 Å². The second-order valence-corrected chi connectivity index (χ2v) is 3.79. The first-order chi connectivity index (χ1) is 8.58. The minimum atomic E-state index is -1.02. The van der Waals surface area contributed by atoms with E-state index in [4.69, 9.17) is 15.4 Å². The largest absolute Gasteiger partial charge is 0.494 e. The molecule has 1 aromatic carbocycles. The van der Waals surface area contributed by atoms with Gasteiger partial charge >= 0.3 is 5.97 Å². The van der Waals surface area contributed by atoms with Crippen molar-refractivity contribution in [2.24, 2.45) is 5.11 Å². The summed E-state index contributed by atoms with van der Waals surface area (Å²) in [6.07, 6.45) is -0.256. The third kappa shape index (κ3) is 3.68. The molecule has 18 heavy (non-hydrogen) atoms. The van der Waals surface area contributed by atoms with Gasteiger partial charge in [0.05, 0.1) is 19.1 Å². The van der Waals surface area contributed by atoms with Gasteiger partial charge < -0.3 is 9.84 Å². The summed E-state index contributed by atoms with van der Waals surface area (Å²) in [6, 6.07) is 4.65. The Bertz CT molecular complexity index is 481. The Morgan fingerprint density at radius 2 is 2.33 bits per heavy atom. The lowest BCUT2D eigenvalue weighted by Gasteiger charge is -2.15. The molecule has 0 amide bonds. The minimum absolute atomic E-state index is 0.256. The zero-order chi connectivity index (χ0) is 13.5. The van der Waals surface area contributed by atoms with E-state index >= 15 is 0 Å². The molecular formula is C12H15N3O3. The number of azide groups is 1. The molecule has 1 atom stereocenters. The van der Waals surface area contributed by atoms with Crippen molar-refractivity contribution in [3.8, 4) is 5.75 Å². The molecule has 0 fully saturated rings. The first-order valence-electron chi connectivity index (χ1n) is 5.57. The van der Waals surface area contributed by atoms with Gasteiger partial charge in [-0.2, -0.15) is 0 Å². The van der Waals surface area contributed by atoms with Crippen LogP contribution in [0.25, 0.3) is 10.4 Å². The molecule has 0 saturated carbocycles. The van der Waals surface area contributed by atoms with E-state index in [2.05, 4.69) is 10.0 Å². The number of carboxylic acid groups (broad SMARTS) is 1. The summed E-state index contributed by atoms with van der Waals surface area (Å²) in [6.45, 7) is 4.18. The number of aryl methyl sites for hydroxylation is 1. The lowest BCUT2D eigenvalue weighted by Crippen LogP contribution is -2.06. The van der Waals surface area contributed by atoms with Crippen molar-refractivity contribution in [1.82, 2.24) is 0 Å². The van der Waals surface area contributed by atoms with E-state index in [0.717, 1.165) is 5.56 Å². The summed E-state index contributed by atoms with van der Waals surface area (Å²) >= 11 is 0. The molecule has 1 aromatic rings. The van der Waals surface area contributed by atoms with Crippen molar-refractivity contribution in [1.29, 1.82) is 0 Å². The van der Waals surface area contributed by atoms with Crippen LogP contribution < -0.4 is 4.74 Å². The van der Waals surface area contributed by atoms with Gasteiger partial charge in [-0.15, -0.1) is 0 Å². The monoisotopic (exact) mass is 249 g/mol. The first kappa shape index (κ1) is 13.9. The van der Waals surface area contributed by atoms with Crippen molar-refractivity contribution >= 4 is 5.97 Å². The molecule has 1 unspecified atom stereocenters. The molecule has 0 saturated heterocycles. The van der Waals surface area contributed by atoms with Crippen LogP contribution in [0.2, 0.25) is 0 Å². The molecule has 1 rings (SSSR count). The maximum atomic E-state index is 10.8. The number of carbonyl (C=O) groups is 1.